The van der Waals surface area contributed by atoms with Gasteiger partial charge in [0.05, 0.1) is 0 Å². The van der Waals surface area contributed by atoms with Gasteiger partial charge < -0.3 is 10.1 Å². The zero-order valence-corrected chi connectivity index (χ0v) is 13.6. The number of methoxy groups -OCH3 is 1. The molecule has 0 spiro atoms. The molecule has 0 unspecified atom stereocenters. The van der Waals surface area contributed by atoms with Crippen LogP contribution < -0.4 is 5.32 Å². The number of hydrogen-bond donors (Lipinski definition) is 1. The largest absolute Gasteiger partial charge is 0.384 e. The van der Waals surface area contributed by atoms with Crippen LogP contribution in [0.2, 0.25) is 0 Å². The van der Waals surface area contributed by atoms with Gasteiger partial charge in [-0.15, -0.1) is 0 Å². The number of nitrogens with zero attached hydrogens (tertiary/aromatic N) is 1. The van der Waals surface area contributed by atoms with Crippen LogP contribution >= 0.6 is 0 Å². The minimum absolute atomic E-state index is 0.762. The molecule has 1 N–H and O–H groups in total. The number of likely N-dealkylation sites (tertiary alicyclic amines) is 1. The van der Waals surface area contributed by atoms with E-state index in [0.717, 1.165) is 32.2 Å². The number of nitrogens with one attached hydrogen (secondary N) is 1. The Bertz CT molecular complexity index is 383. The van der Waals surface area contributed by atoms with Crippen LogP contribution in [0, 0.1) is 5.92 Å². The predicted octanol–water partition coefficient (Wildman–Crippen LogP) is 3.04. The highest BCUT2D eigenvalue weighted by Gasteiger charge is 2.18. The molecule has 3 heteroatoms. The molecule has 1 aromatic rings. The summed E-state index contributed by atoms with van der Waals surface area (Å²) in [6, 6.07) is 9.08. The molecule has 0 aromatic heterocycles. The Balaban J connectivity index is 1.73. The van der Waals surface area contributed by atoms with Gasteiger partial charge in [0.15, 0.2) is 0 Å². The van der Waals surface area contributed by atoms with Gasteiger partial charge in [0, 0.05) is 26.8 Å². The van der Waals surface area contributed by atoms with Crippen LogP contribution in [0.5, 0.6) is 0 Å². The Hall–Kier alpha value is -0.900. The average molecular weight is 290 g/mol. The van der Waals surface area contributed by atoms with Crippen molar-refractivity contribution in [2.45, 2.75) is 39.3 Å². The zero-order chi connectivity index (χ0) is 14.9. The summed E-state index contributed by atoms with van der Waals surface area (Å²) in [6.45, 7) is 8.69. The highest BCUT2D eigenvalue weighted by Crippen LogP contribution is 2.19. The monoisotopic (exact) mass is 290 g/mol. The second-order valence-electron chi connectivity index (χ2n) is 6.17. The van der Waals surface area contributed by atoms with Gasteiger partial charge in [0.25, 0.3) is 0 Å². The van der Waals surface area contributed by atoms with E-state index in [0.29, 0.717) is 0 Å². The molecular formula is C18H30N2O. The first-order valence-electron chi connectivity index (χ1n) is 8.31. The maximum atomic E-state index is 5.26. The lowest BCUT2D eigenvalue weighted by Gasteiger charge is -2.31. The van der Waals surface area contributed by atoms with Crippen LogP contribution in [0.3, 0.4) is 0 Å². The number of hydrogen-bond acceptors (Lipinski definition) is 3. The smallest absolute Gasteiger partial charge is 0.0491 e. The van der Waals surface area contributed by atoms with E-state index in [-0.39, 0.29) is 0 Å². The third-order valence-corrected chi connectivity index (χ3v) is 4.29. The Morgan fingerprint density at radius 3 is 2.43 bits per heavy atom. The summed E-state index contributed by atoms with van der Waals surface area (Å²) in [5.74, 6) is 0.762. The molecule has 118 valence electrons. The fourth-order valence-electron chi connectivity index (χ4n) is 2.98. The van der Waals surface area contributed by atoms with E-state index in [1.807, 2.05) is 7.11 Å². The topological polar surface area (TPSA) is 24.5 Å². The molecule has 0 bridgehead atoms. The maximum Gasteiger partial charge on any atom is 0.0491 e. The summed E-state index contributed by atoms with van der Waals surface area (Å²) in [7, 11) is 1.81. The van der Waals surface area contributed by atoms with E-state index in [1.54, 1.807) is 0 Å². The molecule has 1 aromatic carbocycles. The molecule has 0 aliphatic carbocycles. The van der Waals surface area contributed by atoms with Crippen LogP contribution in [0.15, 0.2) is 24.3 Å². The van der Waals surface area contributed by atoms with Gasteiger partial charge in [-0.1, -0.05) is 31.2 Å². The summed E-state index contributed by atoms with van der Waals surface area (Å²) in [6.07, 6.45) is 3.73. The van der Waals surface area contributed by atoms with Crippen LogP contribution in [-0.2, 0) is 17.8 Å². The predicted molar refractivity (Wildman–Crippen MR) is 88.3 cm³/mol. The number of benzene rings is 1. The van der Waals surface area contributed by atoms with Gasteiger partial charge in [-0.25, -0.2) is 0 Å². The first-order valence-corrected chi connectivity index (χ1v) is 8.31. The molecule has 1 fully saturated rings. The molecule has 3 nitrogen and oxygen atoms in total. The Morgan fingerprint density at radius 2 is 1.81 bits per heavy atom. The van der Waals surface area contributed by atoms with Crippen LogP contribution in [0.25, 0.3) is 0 Å². The molecule has 1 heterocycles. The van der Waals surface area contributed by atoms with Gasteiger partial charge in [0.2, 0.25) is 0 Å². The van der Waals surface area contributed by atoms with E-state index in [4.69, 9.17) is 4.74 Å². The number of ether oxygens (including phenoxy) is 1. The second-order valence-corrected chi connectivity index (χ2v) is 6.17. The van der Waals surface area contributed by atoms with E-state index in [9.17, 15) is 0 Å². The molecule has 1 saturated heterocycles. The summed E-state index contributed by atoms with van der Waals surface area (Å²) in [5, 5.41) is 3.45. The van der Waals surface area contributed by atoms with Crippen LogP contribution in [0.1, 0.15) is 37.3 Å². The van der Waals surface area contributed by atoms with E-state index >= 15 is 0 Å². The van der Waals surface area contributed by atoms with Crippen molar-refractivity contribution in [1.82, 2.24) is 10.2 Å². The molecular weight excluding hydrogens is 260 g/mol. The maximum absolute atomic E-state index is 5.26. The minimum atomic E-state index is 0.762. The van der Waals surface area contributed by atoms with Crippen LogP contribution in [-0.4, -0.2) is 38.3 Å². The Kier molecular flexibility index (Phi) is 7.20. The van der Waals surface area contributed by atoms with Crippen molar-refractivity contribution in [3.05, 3.63) is 35.4 Å². The quantitative estimate of drug-likeness (QED) is 0.745. The third kappa shape index (κ3) is 5.77. The molecule has 2 rings (SSSR count). The van der Waals surface area contributed by atoms with Crippen molar-refractivity contribution in [2.24, 2.45) is 5.92 Å². The van der Waals surface area contributed by atoms with Crippen molar-refractivity contribution >= 4 is 0 Å². The van der Waals surface area contributed by atoms with Crippen LogP contribution in [0.4, 0.5) is 0 Å². The molecule has 21 heavy (non-hydrogen) atoms. The van der Waals surface area contributed by atoms with Gasteiger partial charge >= 0.3 is 0 Å². The second kappa shape index (κ2) is 9.19. The summed E-state index contributed by atoms with van der Waals surface area (Å²) < 4.78 is 5.26. The zero-order valence-electron chi connectivity index (χ0n) is 13.6. The number of piperidine rings is 1. The van der Waals surface area contributed by atoms with Gasteiger partial charge in [-0.05, 0) is 55.9 Å². The molecule has 1 aliphatic rings. The molecule has 1 aliphatic heterocycles. The van der Waals surface area contributed by atoms with E-state index in [2.05, 4.69) is 41.4 Å². The SMILES string of the molecule is CCCNCc1ccc(CN2CCC(COC)CC2)cc1. The lowest BCUT2D eigenvalue weighted by Crippen LogP contribution is -2.34. The molecule has 0 amide bonds. The van der Waals surface area contributed by atoms with Gasteiger partial charge in [0.1, 0.15) is 0 Å². The molecule has 0 saturated carbocycles. The lowest BCUT2D eigenvalue weighted by atomic mass is 9.97. The highest BCUT2D eigenvalue weighted by atomic mass is 16.5. The molecule has 0 atom stereocenters. The van der Waals surface area contributed by atoms with Crippen molar-refractivity contribution in [3.8, 4) is 0 Å². The van der Waals surface area contributed by atoms with Gasteiger partial charge in [-0.2, -0.15) is 0 Å². The minimum Gasteiger partial charge on any atom is -0.384 e. The fourth-order valence-corrected chi connectivity index (χ4v) is 2.98. The lowest BCUT2D eigenvalue weighted by molar-refractivity contribution is 0.0968. The first-order chi connectivity index (χ1) is 10.3. The average Bonchev–Trinajstić information content (AvgIpc) is 2.51. The highest BCUT2D eigenvalue weighted by molar-refractivity contribution is 5.22. The van der Waals surface area contributed by atoms with Crippen molar-refractivity contribution in [1.29, 1.82) is 0 Å². The van der Waals surface area contributed by atoms with E-state index < -0.39 is 0 Å². The third-order valence-electron chi connectivity index (χ3n) is 4.29. The summed E-state index contributed by atoms with van der Waals surface area (Å²) >= 11 is 0. The first kappa shape index (κ1) is 16.5. The Morgan fingerprint density at radius 1 is 1.14 bits per heavy atom. The van der Waals surface area contributed by atoms with Gasteiger partial charge in [-0.3, -0.25) is 4.90 Å². The van der Waals surface area contributed by atoms with Crippen molar-refractivity contribution < 1.29 is 4.74 Å². The fraction of sp³-hybridized carbons (Fsp3) is 0.667. The summed E-state index contributed by atoms with van der Waals surface area (Å²) in [5.41, 5.74) is 2.81. The normalized spacial score (nSPS) is 17.2. The summed E-state index contributed by atoms with van der Waals surface area (Å²) in [4.78, 5) is 2.57. The molecule has 0 radical (unpaired) electrons. The van der Waals surface area contributed by atoms with E-state index in [1.165, 1.54) is 43.5 Å². The number of rotatable bonds is 8. The Labute approximate surface area is 129 Å². The standard InChI is InChI=1S/C18H30N2O/c1-3-10-19-13-16-4-6-17(7-5-16)14-20-11-8-18(9-12-20)15-21-2/h4-7,18-19H,3,8-15H2,1-2H3. The van der Waals surface area contributed by atoms with Crippen molar-refractivity contribution in [3.63, 3.8) is 0 Å². The van der Waals surface area contributed by atoms with Crippen molar-refractivity contribution in [2.75, 3.05) is 33.4 Å².